The second kappa shape index (κ2) is 9.21. The third-order valence-corrected chi connectivity index (χ3v) is 7.75. The highest BCUT2D eigenvalue weighted by Gasteiger charge is 2.28. The van der Waals surface area contributed by atoms with Crippen molar-refractivity contribution in [2.45, 2.75) is 11.8 Å². The fourth-order valence-corrected chi connectivity index (χ4v) is 5.45. The highest BCUT2D eigenvalue weighted by molar-refractivity contribution is 7.89. The normalized spacial score (nSPS) is 14.8. The van der Waals surface area contributed by atoms with Crippen LogP contribution in [-0.4, -0.2) is 54.3 Å². The number of nitrogens with one attached hydrogen (secondary N) is 1. The highest BCUT2D eigenvalue weighted by atomic mass is 32.2. The van der Waals surface area contributed by atoms with E-state index in [2.05, 4.69) is 10.3 Å². The summed E-state index contributed by atoms with van der Waals surface area (Å²) < 4.78 is 49.0. The van der Waals surface area contributed by atoms with E-state index < -0.39 is 21.7 Å². The van der Waals surface area contributed by atoms with Gasteiger partial charge in [0.05, 0.1) is 23.7 Å². The Hall–Kier alpha value is -3.60. The first-order valence-corrected chi connectivity index (χ1v) is 12.5. The maximum atomic E-state index is 14.8. The molecule has 1 fully saturated rings. The summed E-state index contributed by atoms with van der Waals surface area (Å²) in [6.45, 7) is 2.89. The second-order valence-electron chi connectivity index (χ2n) is 8.22. The van der Waals surface area contributed by atoms with Crippen LogP contribution >= 0.6 is 0 Å². The van der Waals surface area contributed by atoms with Crippen molar-refractivity contribution in [1.82, 2.24) is 13.7 Å². The number of hydrogen-bond donors (Lipinski definition) is 1. The lowest BCUT2D eigenvalue weighted by molar-refractivity contribution is 0.0730. The summed E-state index contributed by atoms with van der Waals surface area (Å²) in [6, 6.07) is 16.3. The van der Waals surface area contributed by atoms with Crippen molar-refractivity contribution in [3.05, 3.63) is 83.8 Å². The van der Waals surface area contributed by atoms with Crippen LogP contribution in [0.2, 0.25) is 0 Å². The van der Waals surface area contributed by atoms with E-state index in [9.17, 15) is 17.6 Å². The quantitative estimate of drug-likeness (QED) is 0.457. The molecule has 2 aromatic heterocycles. The summed E-state index contributed by atoms with van der Waals surface area (Å²) in [5.41, 5.74) is 2.52. The molecule has 5 rings (SSSR count). The van der Waals surface area contributed by atoms with Gasteiger partial charge in [0.15, 0.2) is 0 Å². The van der Waals surface area contributed by atoms with Crippen molar-refractivity contribution in [3.8, 4) is 11.3 Å². The molecule has 3 heterocycles. The smallest absolute Gasteiger partial charge is 0.259 e. The molecular weight excluding hydrogens is 471 g/mol. The van der Waals surface area contributed by atoms with Gasteiger partial charge in [-0.15, -0.1) is 0 Å². The van der Waals surface area contributed by atoms with E-state index >= 15 is 0 Å². The molecule has 2 aromatic carbocycles. The third kappa shape index (κ3) is 4.43. The van der Waals surface area contributed by atoms with E-state index in [0.29, 0.717) is 17.2 Å². The number of amides is 1. The fourth-order valence-electron chi connectivity index (χ4n) is 4.01. The summed E-state index contributed by atoms with van der Waals surface area (Å²) in [7, 11) is -3.90. The lowest BCUT2D eigenvalue weighted by Gasteiger charge is -2.26. The molecule has 1 aliphatic heterocycles. The van der Waals surface area contributed by atoms with E-state index in [4.69, 9.17) is 4.74 Å². The molecular formula is C25H23FN4O4S. The van der Waals surface area contributed by atoms with Crippen LogP contribution in [0.1, 0.15) is 15.9 Å². The molecule has 0 unspecified atom stereocenters. The second-order valence-corrected chi connectivity index (χ2v) is 10.2. The Morgan fingerprint density at radius 2 is 1.80 bits per heavy atom. The van der Waals surface area contributed by atoms with Gasteiger partial charge >= 0.3 is 0 Å². The Morgan fingerprint density at radius 3 is 2.54 bits per heavy atom. The number of aromatic nitrogens is 2. The first-order chi connectivity index (χ1) is 16.8. The lowest BCUT2D eigenvalue weighted by atomic mass is 10.1. The first kappa shape index (κ1) is 23.2. The van der Waals surface area contributed by atoms with Crippen LogP contribution in [0, 0.1) is 12.7 Å². The van der Waals surface area contributed by atoms with Gasteiger partial charge in [0.1, 0.15) is 23.0 Å². The zero-order valence-electron chi connectivity index (χ0n) is 18.9. The summed E-state index contributed by atoms with van der Waals surface area (Å²) in [5.74, 6) is -1.24. The molecule has 35 heavy (non-hydrogen) atoms. The van der Waals surface area contributed by atoms with Gasteiger partial charge in [-0.05, 0) is 42.8 Å². The number of anilines is 1. The van der Waals surface area contributed by atoms with Gasteiger partial charge in [0.2, 0.25) is 10.0 Å². The summed E-state index contributed by atoms with van der Waals surface area (Å²) in [5, 5.41) is 2.76. The lowest BCUT2D eigenvalue weighted by Crippen LogP contribution is -2.40. The Bertz CT molecular complexity index is 1510. The number of morpholine rings is 1. The molecule has 4 aromatic rings. The average Bonchev–Trinajstić information content (AvgIpc) is 3.22. The number of sulfonamides is 1. The van der Waals surface area contributed by atoms with Gasteiger partial charge in [-0.2, -0.15) is 4.31 Å². The number of carbonyl (C=O) groups is 1. The summed E-state index contributed by atoms with van der Waals surface area (Å²) >= 11 is 0. The van der Waals surface area contributed by atoms with Crippen molar-refractivity contribution >= 4 is 27.4 Å². The number of hydrogen-bond acceptors (Lipinski definition) is 5. The number of aryl methyl sites for hydroxylation is 1. The molecule has 0 radical (unpaired) electrons. The molecule has 1 saturated heterocycles. The monoisotopic (exact) mass is 494 g/mol. The zero-order valence-corrected chi connectivity index (χ0v) is 19.8. The van der Waals surface area contributed by atoms with Gasteiger partial charge in [-0.1, -0.05) is 30.3 Å². The van der Waals surface area contributed by atoms with Crippen LogP contribution in [0.25, 0.3) is 16.9 Å². The van der Waals surface area contributed by atoms with Gasteiger partial charge < -0.3 is 10.1 Å². The largest absolute Gasteiger partial charge is 0.379 e. The predicted octanol–water partition coefficient (Wildman–Crippen LogP) is 3.72. The Kier molecular flexibility index (Phi) is 6.10. The van der Waals surface area contributed by atoms with E-state index in [1.54, 1.807) is 10.6 Å². The van der Waals surface area contributed by atoms with Gasteiger partial charge in [0, 0.05) is 24.8 Å². The number of pyridine rings is 1. The van der Waals surface area contributed by atoms with Crippen LogP contribution < -0.4 is 5.32 Å². The van der Waals surface area contributed by atoms with E-state index in [0.717, 1.165) is 23.3 Å². The van der Waals surface area contributed by atoms with Crippen LogP contribution in [-0.2, 0) is 14.8 Å². The molecule has 10 heteroatoms. The van der Waals surface area contributed by atoms with E-state index in [1.165, 1.54) is 10.4 Å². The van der Waals surface area contributed by atoms with Crippen LogP contribution in [0.3, 0.4) is 0 Å². The number of fused-ring (bicyclic) bond motifs is 1. The highest BCUT2D eigenvalue weighted by Crippen LogP contribution is 2.30. The van der Waals surface area contributed by atoms with Crippen LogP contribution in [0.5, 0.6) is 0 Å². The zero-order chi connectivity index (χ0) is 24.6. The molecule has 180 valence electrons. The molecule has 0 spiro atoms. The van der Waals surface area contributed by atoms with Crippen molar-refractivity contribution in [1.29, 1.82) is 0 Å². The van der Waals surface area contributed by atoms with Crippen molar-refractivity contribution in [2.24, 2.45) is 0 Å². The Labute approximate surface area is 202 Å². The predicted molar refractivity (Wildman–Crippen MR) is 129 cm³/mol. The van der Waals surface area contributed by atoms with Crippen molar-refractivity contribution in [2.75, 3.05) is 31.6 Å². The van der Waals surface area contributed by atoms with Gasteiger partial charge in [0.25, 0.3) is 5.91 Å². The summed E-state index contributed by atoms with van der Waals surface area (Å²) in [6.07, 6.45) is 1.77. The molecule has 0 aliphatic carbocycles. The molecule has 8 nitrogen and oxygen atoms in total. The minimum Gasteiger partial charge on any atom is -0.379 e. The number of benzene rings is 2. The maximum absolute atomic E-state index is 14.8. The Balaban J connectivity index is 1.54. The molecule has 1 aliphatic rings. The molecule has 1 amide bonds. The molecule has 1 N–H and O–H groups in total. The van der Waals surface area contributed by atoms with Crippen LogP contribution in [0.15, 0.2) is 71.8 Å². The number of rotatable bonds is 5. The molecule has 0 saturated carbocycles. The first-order valence-electron chi connectivity index (χ1n) is 11.1. The molecule has 0 bridgehead atoms. The van der Waals surface area contributed by atoms with Gasteiger partial charge in [-0.3, -0.25) is 9.20 Å². The average molecular weight is 495 g/mol. The number of halogens is 1. The third-order valence-electron chi connectivity index (χ3n) is 5.85. The van der Waals surface area contributed by atoms with E-state index in [1.807, 2.05) is 49.4 Å². The van der Waals surface area contributed by atoms with Crippen LogP contribution in [0.4, 0.5) is 10.2 Å². The summed E-state index contributed by atoms with van der Waals surface area (Å²) in [4.78, 5) is 17.8. The minimum atomic E-state index is -3.90. The Morgan fingerprint density at radius 1 is 1.06 bits per heavy atom. The number of nitrogens with zero attached hydrogens (tertiary/aromatic N) is 3. The van der Waals surface area contributed by atoms with Crippen molar-refractivity contribution in [3.63, 3.8) is 0 Å². The van der Waals surface area contributed by atoms with Gasteiger partial charge in [-0.25, -0.2) is 17.8 Å². The number of imidazole rings is 1. The standard InChI is InChI=1S/C25H23FN4O4S/c1-17-9-10-30-22(15-17)27-23(18-5-3-2-4-6-18)24(30)28-25(31)20-16-19(7-8-21(20)26)35(32,33)29-11-13-34-14-12-29/h2-10,15-16H,11-14H2,1H3,(H,28,31). The topological polar surface area (TPSA) is 93.0 Å². The minimum absolute atomic E-state index is 0.150. The maximum Gasteiger partial charge on any atom is 0.259 e. The SMILES string of the molecule is Cc1ccn2c(NC(=O)c3cc(S(=O)(=O)N4CCOCC4)ccc3F)c(-c3ccccc3)nc2c1. The molecule has 0 atom stereocenters. The fraction of sp³-hybridized carbons (Fsp3) is 0.200. The van der Waals surface area contributed by atoms with Crippen molar-refractivity contribution < 1.29 is 22.3 Å². The van der Waals surface area contributed by atoms with E-state index in [-0.39, 0.29) is 36.8 Å². The number of carbonyl (C=O) groups excluding carboxylic acids is 1. The number of ether oxygens (including phenoxy) is 1.